The highest BCUT2D eigenvalue weighted by molar-refractivity contribution is 9.09. The van der Waals surface area contributed by atoms with E-state index in [9.17, 15) is 5.11 Å². The van der Waals surface area contributed by atoms with Crippen molar-refractivity contribution in [2.75, 3.05) is 0 Å². The lowest BCUT2D eigenvalue weighted by molar-refractivity contribution is 0.165. The van der Waals surface area contributed by atoms with E-state index in [-0.39, 0.29) is 6.10 Å². The summed E-state index contributed by atoms with van der Waals surface area (Å²) in [6.45, 7) is 0. The predicted octanol–water partition coefficient (Wildman–Crippen LogP) is 2.07. The van der Waals surface area contributed by atoms with Gasteiger partial charge in [-0.05, 0) is 12.8 Å². The Labute approximate surface area is 64.6 Å². The van der Waals surface area contributed by atoms with E-state index in [2.05, 4.69) is 15.9 Å². The Balaban J connectivity index is 2.32. The average Bonchev–Trinajstić information content (AvgIpc) is 1.99. The van der Waals surface area contributed by atoms with Crippen LogP contribution < -0.4 is 0 Å². The van der Waals surface area contributed by atoms with E-state index in [1.807, 2.05) is 0 Å². The third-order valence-electron chi connectivity index (χ3n) is 1.90. The molecular weight excluding hydrogens is 180 g/mol. The second kappa shape index (κ2) is 3.57. The van der Waals surface area contributed by atoms with Crippen LogP contribution in [0.3, 0.4) is 0 Å². The molecule has 0 bridgehead atoms. The van der Waals surface area contributed by atoms with Crippen molar-refractivity contribution in [2.45, 2.75) is 43.0 Å². The molecule has 0 heterocycles. The fraction of sp³-hybridized carbons (Fsp3) is 1.00. The molecule has 1 N–H and O–H groups in total. The SMILES string of the molecule is O[C@@H]1CCCCC[C@H]1Br. The Morgan fingerprint density at radius 3 is 2.56 bits per heavy atom. The van der Waals surface area contributed by atoms with E-state index in [1.165, 1.54) is 19.3 Å². The Bertz CT molecular complexity index is 75.0. The molecule has 54 valence electrons. The van der Waals surface area contributed by atoms with Gasteiger partial charge in [-0.15, -0.1) is 0 Å². The van der Waals surface area contributed by atoms with Crippen molar-refractivity contribution in [2.24, 2.45) is 0 Å². The molecule has 9 heavy (non-hydrogen) atoms. The molecule has 0 aromatic rings. The quantitative estimate of drug-likeness (QED) is 0.461. The van der Waals surface area contributed by atoms with Crippen molar-refractivity contribution in [1.82, 2.24) is 0 Å². The van der Waals surface area contributed by atoms with Crippen LogP contribution in [0, 0.1) is 0 Å². The molecule has 0 aromatic carbocycles. The second-order valence-electron chi connectivity index (χ2n) is 2.72. The van der Waals surface area contributed by atoms with Gasteiger partial charge in [-0.25, -0.2) is 0 Å². The molecule has 2 atom stereocenters. The lowest BCUT2D eigenvalue weighted by Crippen LogP contribution is -2.17. The smallest absolute Gasteiger partial charge is 0.0665 e. The predicted molar refractivity (Wildman–Crippen MR) is 41.8 cm³/mol. The van der Waals surface area contributed by atoms with Gasteiger partial charge in [-0.1, -0.05) is 35.2 Å². The molecule has 1 fully saturated rings. The topological polar surface area (TPSA) is 20.2 Å². The van der Waals surface area contributed by atoms with E-state index >= 15 is 0 Å². The Hall–Kier alpha value is 0.440. The van der Waals surface area contributed by atoms with Crippen LogP contribution in [0.15, 0.2) is 0 Å². The van der Waals surface area contributed by atoms with Crippen LogP contribution in [-0.4, -0.2) is 16.0 Å². The largest absolute Gasteiger partial charge is 0.392 e. The Morgan fingerprint density at radius 2 is 1.78 bits per heavy atom. The molecule has 0 saturated heterocycles. The maximum absolute atomic E-state index is 9.31. The summed E-state index contributed by atoms with van der Waals surface area (Å²) < 4.78 is 0. The van der Waals surface area contributed by atoms with E-state index in [0.29, 0.717) is 4.83 Å². The molecule has 0 aromatic heterocycles. The Morgan fingerprint density at radius 1 is 1.11 bits per heavy atom. The van der Waals surface area contributed by atoms with Gasteiger partial charge >= 0.3 is 0 Å². The zero-order chi connectivity index (χ0) is 6.69. The van der Waals surface area contributed by atoms with Crippen molar-refractivity contribution in [3.8, 4) is 0 Å². The summed E-state index contributed by atoms with van der Waals surface area (Å²) >= 11 is 3.45. The third-order valence-corrected chi connectivity index (χ3v) is 2.97. The van der Waals surface area contributed by atoms with Gasteiger partial charge in [0, 0.05) is 4.83 Å². The number of hydrogen-bond acceptors (Lipinski definition) is 1. The minimum Gasteiger partial charge on any atom is -0.392 e. The highest BCUT2D eigenvalue weighted by Crippen LogP contribution is 2.23. The first-order valence-electron chi connectivity index (χ1n) is 3.63. The number of alkyl halides is 1. The molecule has 0 spiro atoms. The molecule has 0 aliphatic heterocycles. The molecule has 1 aliphatic rings. The number of aliphatic hydroxyl groups is 1. The summed E-state index contributed by atoms with van der Waals surface area (Å²) in [7, 11) is 0. The molecule has 1 rings (SSSR count). The highest BCUT2D eigenvalue weighted by Gasteiger charge is 2.17. The van der Waals surface area contributed by atoms with Gasteiger partial charge in [0.1, 0.15) is 0 Å². The van der Waals surface area contributed by atoms with Crippen molar-refractivity contribution in [3.63, 3.8) is 0 Å². The standard InChI is InChI=1S/C7H13BrO/c8-6-4-2-1-3-5-7(6)9/h6-7,9H,1-5H2/t6-,7-/m1/s1. The van der Waals surface area contributed by atoms with Crippen molar-refractivity contribution in [1.29, 1.82) is 0 Å². The van der Waals surface area contributed by atoms with Gasteiger partial charge in [0.05, 0.1) is 6.10 Å². The van der Waals surface area contributed by atoms with E-state index in [0.717, 1.165) is 12.8 Å². The number of rotatable bonds is 0. The minimum atomic E-state index is -0.0903. The summed E-state index contributed by atoms with van der Waals surface area (Å²) in [6.07, 6.45) is 5.79. The van der Waals surface area contributed by atoms with E-state index in [1.54, 1.807) is 0 Å². The van der Waals surface area contributed by atoms with Gasteiger partial charge in [-0.2, -0.15) is 0 Å². The first kappa shape index (κ1) is 7.55. The van der Waals surface area contributed by atoms with Crippen LogP contribution in [0.25, 0.3) is 0 Å². The maximum atomic E-state index is 9.31. The molecular formula is C7H13BrO. The molecule has 1 saturated carbocycles. The molecule has 0 unspecified atom stereocenters. The fourth-order valence-electron chi connectivity index (χ4n) is 1.24. The number of hydrogen-bond donors (Lipinski definition) is 1. The monoisotopic (exact) mass is 192 g/mol. The lowest BCUT2D eigenvalue weighted by Gasteiger charge is -2.11. The number of halogens is 1. The summed E-state index contributed by atoms with van der Waals surface area (Å²) in [5.74, 6) is 0. The number of aliphatic hydroxyl groups excluding tert-OH is 1. The third kappa shape index (κ3) is 2.26. The zero-order valence-electron chi connectivity index (χ0n) is 5.52. The molecule has 1 aliphatic carbocycles. The molecule has 2 heteroatoms. The van der Waals surface area contributed by atoms with Gasteiger partial charge in [-0.3, -0.25) is 0 Å². The average molecular weight is 193 g/mol. The van der Waals surface area contributed by atoms with Crippen molar-refractivity contribution >= 4 is 15.9 Å². The first-order valence-corrected chi connectivity index (χ1v) is 4.54. The van der Waals surface area contributed by atoms with Gasteiger partial charge in [0.25, 0.3) is 0 Å². The van der Waals surface area contributed by atoms with Gasteiger partial charge in [0.2, 0.25) is 0 Å². The molecule has 1 nitrogen and oxygen atoms in total. The van der Waals surface area contributed by atoms with Crippen LogP contribution in [0.1, 0.15) is 32.1 Å². The molecule has 0 amide bonds. The van der Waals surface area contributed by atoms with Crippen LogP contribution in [-0.2, 0) is 0 Å². The van der Waals surface area contributed by atoms with E-state index in [4.69, 9.17) is 0 Å². The minimum absolute atomic E-state index is 0.0903. The van der Waals surface area contributed by atoms with Crippen molar-refractivity contribution < 1.29 is 5.11 Å². The summed E-state index contributed by atoms with van der Waals surface area (Å²) in [4.78, 5) is 0.361. The molecule has 0 radical (unpaired) electrons. The fourth-order valence-corrected chi connectivity index (χ4v) is 1.83. The second-order valence-corrected chi connectivity index (χ2v) is 3.90. The van der Waals surface area contributed by atoms with Crippen LogP contribution in [0.4, 0.5) is 0 Å². The van der Waals surface area contributed by atoms with Gasteiger partial charge in [0.15, 0.2) is 0 Å². The van der Waals surface area contributed by atoms with Crippen LogP contribution >= 0.6 is 15.9 Å². The first-order chi connectivity index (χ1) is 4.30. The summed E-state index contributed by atoms with van der Waals surface area (Å²) in [5, 5.41) is 9.31. The van der Waals surface area contributed by atoms with Gasteiger partial charge < -0.3 is 5.11 Å². The normalized spacial score (nSPS) is 38.0. The maximum Gasteiger partial charge on any atom is 0.0665 e. The Kier molecular flexibility index (Phi) is 2.99. The lowest BCUT2D eigenvalue weighted by atomic mass is 10.2. The van der Waals surface area contributed by atoms with Crippen molar-refractivity contribution in [3.05, 3.63) is 0 Å². The van der Waals surface area contributed by atoms with Crippen LogP contribution in [0.5, 0.6) is 0 Å². The summed E-state index contributed by atoms with van der Waals surface area (Å²) in [5.41, 5.74) is 0. The van der Waals surface area contributed by atoms with E-state index < -0.39 is 0 Å². The summed E-state index contributed by atoms with van der Waals surface area (Å²) in [6, 6.07) is 0. The highest BCUT2D eigenvalue weighted by atomic mass is 79.9. The van der Waals surface area contributed by atoms with Crippen LogP contribution in [0.2, 0.25) is 0 Å². The zero-order valence-corrected chi connectivity index (χ0v) is 7.10.